The van der Waals surface area contributed by atoms with Crippen LogP contribution in [0.3, 0.4) is 0 Å². The summed E-state index contributed by atoms with van der Waals surface area (Å²) in [4.78, 5) is 20.3. The summed E-state index contributed by atoms with van der Waals surface area (Å²) in [6.07, 6.45) is 0.452. The van der Waals surface area contributed by atoms with Gasteiger partial charge in [0.1, 0.15) is 23.2 Å². The predicted molar refractivity (Wildman–Crippen MR) is 98.3 cm³/mol. The van der Waals surface area contributed by atoms with Crippen LogP contribution in [-0.2, 0) is 9.53 Å². The lowest BCUT2D eigenvalue weighted by Crippen LogP contribution is -2.18. The number of nitrogens with zero attached hydrogens (tertiary/aromatic N) is 1. The third-order valence-corrected chi connectivity index (χ3v) is 4.89. The summed E-state index contributed by atoms with van der Waals surface area (Å²) in [6, 6.07) is 13.7. The molecule has 26 heavy (non-hydrogen) atoms. The quantitative estimate of drug-likeness (QED) is 0.741. The summed E-state index contributed by atoms with van der Waals surface area (Å²) < 4.78 is 11.2. The molecule has 0 bridgehead atoms. The lowest BCUT2D eigenvalue weighted by Gasteiger charge is -2.12. The molecule has 2 N–H and O–H groups in total. The van der Waals surface area contributed by atoms with Crippen molar-refractivity contribution in [2.24, 2.45) is 0 Å². The van der Waals surface area contributed by atoms with Crippen LogP contribution in [0.15, 0.2) is 42.5 Å². The number of H-pyrrole nitrogens is 1. The molecule has 2 unspecified atom stereocenters. The highest BCUT2D eigenvalue weighted by atomic mass is 16.5. The number of imidazole rings is 1. The van der Waals surface area contributed by atoms with E-state index in [0.29, 0.717) is 18.1 Å². The first-order chi connectivity index (χ1) is 12.7. The summed E-state index contributed by atoms with van der Waals surface area (Å²) >= 11 is 0. The second kappa shape index (κ2) is 6.80. The van der Waals surface area contributed by atoms with Crippen molar-refractivity contribution < 1.29 is 14.3 Å². The molecule has 0 spiro atoms. The Morgan fingerprint density at radius 1 is 1.15 bits per heavy atom. The van der Waals surface area contributed by atoms with Gasteiger partial charge in [0.05, 0.1) is 18.5 Å². The maximum Gasteiger partial charge on any atom is 0.227 e. The molecule has 6 nitrogen and oxygen atoms in total. The van der Waals surface area contributed by atoms with Gasteiger partial charge < -0.3 is 19.8 Å². The normalized spacial score (nSPS) is 18.1. The Labute approximate surface area is 151 Å². The fraction of sp³-hybridized carbons (Fsp3) is 0.300. The number of carbonyl (C=O) groups is 1. The smallest absolute Gasteiger partial charge is 0.227 e. The van der Waals surface area contributed by atoms with Crippen molar-refractivity contribution in [1.29, 1.82) is 0 Å². The minimum absolute atomic E-state index is 0.0485. The molecule has 1 saturated heterocycles. The monoisotopic (exact) mass is 351 g/mol. The van der Waals surface area contributed by atoms with Crippen LogP contribution >= 0.6 is 0 Å². The molecule has 1 amide bonds. The number of ether oxygens (including phenoxy) is 2. The Morgan fingerprint density at radius 3 is 2.62 bits per heavy atom. The van der Waals surface area contributed by atoms with Gasteiger partial charge in [-0.2, -0.15) is 0 Å². The number of hydrogen-bond acceptors (Lipinski definition) is 4. The Morgan fingerprint density at radius 2 is 1.96 bits per heavy atom. The van der Waals surface area contributed by atoms with Gasteiger partial charge in [0, 0.05) is 13.7 Å². The van der Waals surface area contributed by atoms with Gasteiger partial charge >= 0.3 is 0 Å². The van der Waals surface area contributed by atoms with E-state index in [-0.39, 0.29) is 17.9 Å². The van der Waals surface area contributed by atoms with E-state index in [1.807, 2.05) is 42.5 Å². The number of methoxy groups -OCH3 is 2. The standard InChI is InChI=1S/C20H21N3O3/c1-25-15-9-8-13(14-10-11-21-20(14)24)16-17(15)23-19(22-16)18(26-2)12-6-4-3-5-7-12/h3-9,14,18H,10-11H2,1-2H3,(H,21,24)(H,22,23). The summed E-state index contributed by atoms with van der Waals surface area (Å²) in [7, 11) is 3.29. The van der Waals surface area contributed by atoms with Crippen molar-refractivity contribution in [1.82, 2.24) is 15.3 Å². The van der Waals surface area contributed by atoms with Crippen LogP contribution in [0.2, 0.25) is 0 Å². The largest absolute Gasteiger partial charge is 0.494 e. The molecule has 1 aromatic heterocycles. The van der Waals surface area contributed by atoms with E-state index >= 15 is 0 Å². The minimum atomic E-state index is -0.321. The number of aromatic nitrogens is 2. The van der Waals surface area contributed by atoms with E-state index < -0.39 is 0 Å². The van der Waals surface area contributed by atoms with Crippen molar-refractivity contribution >= 4 is 16.9 Å². The molecule has 2 aromatic carbocycles. The third kappa shape index (κ3) is 2.72. The van der Waals surface area contributed by atoms with E-state index in [2.05, 4.69) is 10.3 Å². The van der Waals surface area contributed by atoms with Crippen LogP contribution < -0.4 is 10.1 Å². The highest BCUT2D eigenvalue weighted by Gasteiger charge is 2.30. The fourth-order valence-corrected chi connectivity index (χ4v) is 3.61. The zero-order valence-electron chi connectivity index (χ0n) is 14.8. The highest BCUT2D eigenvalue weighted by molar-refractivity contribution is 5.93. The molecule has 3 aromatic rings. The van der Waals surface area contributed by atoms with Gasteiger partial charge in [0.25, 0.3) is 0 Å². The molecule has 6 heteroatoms. The molecule has 0 radical (unpaired) electrons. The molecule has 0 saturated carbocycles. The van der Waals surface area contributed by atoms with Crippen LogP contribution in [0.1, 0.15) is 35.4 Å². The average molecular weight is 351 g/mol. The van der Waals surface area contributed by atoms with E-state index in [1.54, 1.807) is 14.2 Å². The molecule has 1 aliphatic heterocycles. The Kier molecular flexibility index (Phi) is 4.34. The van der Waals surface area contributed by atoms with Crippen LogP contribution in [-0.4, -0.2) is 36.6 Å². The summed E-state index contributed by atoms with van der Waals surface area (Å²) in [5, 5.41) is 2.90. The SMILES string of the molecule is COc1ccc(C2CCNC2=O)c2nc(C(OC)c3ccccc3)[nH]c12. The van der Waals surface area contributed by atoms with E-state index in [9.17, 15) is 4.79 Å². The Hall–Kier alpha value is -2.86. The van der Waals surface area contributed by atoms with Crippen molar-refractivity contribution in [2.45, 2.75) is 18.4 Å². The molecule has 1 fully saturated rings. The van der Waals surface area contributed by atoms with Crippen LogP contribution in [0.4, 0.5) is 0 Å². The highest BCUT2D eigenvalue weighted by Crippen LogP contribution is 2.35. The number of nitrogens with one attached hydrogen (secondary N) is 2. The van der Waals surface area contributed by atoms with Gasteiger partial charge in [-0.05, 0) is 23.6 Å². The maximum absolute atomic E-state index is 12.2. The van der Waals surface area contributed by atoms with Gasteiger partial charge in [-0.3, -0.25) is 4.79 Å². The molecule has 2 atom stereocenters. The lowest BCUT2D eigenvalue weighted by atomic mass is 9.96. The maximum atomic E-state index is 12.2. The minimum Gasteiger partial charge on any atom is -0.494 e. The van der Waals surface area contributed by atoms with Crippen LogP contribution in [0.5, 0.6) is 5.75 Å². The van der Waals surface area contributed by atoms with Crippen LogP contribution in [0.25, 0.3) is 11.0 Å². The molecule has 0 aliphatic carbocycles. The first-order valence-electron chi connectivity index (χ1n) is 8.65. The summed E-state index contributed by atoms with van der Waals surface area (Å²) in [5.41, 5.74) is 3.48. The first kappa shape index (κ1) is 16.6. The van der Waals surface area contributed by atoms with Gasteiger partial charge in [0.15, 0.2) is 0 Å². The van der Waals surface area contributed by atoms with E-state index in [4.69, 9.17) is 14.5 Å². The van der Waals surface area contributed by atoms with Gasteiger partial charge in [0.2, 0.25) is 5.91 Å². The first-order valence-corrected chi connectivity index (χ1v) is 8.65. The molecular weight excluding hydrogens is 330 g/mol. The van der Waals surface area contributed by atoms with E-state index in [0.717, 1.165) is 28.6 Å². The van der Waals surface area contributed by atoms with Crippen molar-refractivity contribution in [3.8, 4) is 5.75 Å². The molecule has 4 rings (SSSR count). The third-order valence-electron chi connectivity index (χ3n) is 4.89. The van der Waals surface area contributed by atoms with E-state index in [1.165, 1.54) is 0 Å². The zero-order chi connectivity index (χ0) is 18.1. The molecule has 2 heterocycles. The summed E-state index contributed by atoms with van der Waals surface area (Å²) in [6.45, 7) is 0.693. The molecule has 134 valence electrons. The number of aromatic amines is 1. The molecule has 1 aliphatic rings. The summed E-state index contributed by atoms with van der Waals surface area (Å²) in [5.74, 6) is 1.26. The zero-order valence-corrected chi connectivity index (χ0v) is 14.8. The van der Waals surface area contributed by atoms with Gasteiger partial charge in [-0.25, -0.2) is 4.98 Å². The predicted octanol–water partition coefficient (Wildman–Crippen LogP) is 2.91. The van der Waals surface area contributed by atoms with Crippen molar-refractivity contribution in [3.63, 3.8) is 0 Å². The number of benzene rings is 2. The van der Waals surface area contributed by atoms with Crippen molar-refractivity contribution in [2.75, 3.05) is 20.8 Å². The average Bonchev–Trinajstić information content (AvgIpc) is 3.29. The second-order valence-corrected chi connectivity index (χ2v) is 6.36. The van der Waals surface area contributed by atoms with Crippen molar-refractivity contribution in [3.05, 3.63) is 59.4 Å². The lowest BCUT2D eigenvalue weighted by molar-refractivity contribution is -0.120. The van der Waals surface area contributed by atoms with Crippen LogP contribution in [0, 0.1) is 0 Å². The number of amides is 1. The number of rotatable bonds is 5. The topological polar surface area (TPSA) is 76.2 Å². The Bertz CT molecular complexity index is 936. The number of hydrogen-bond donors (Lipinski definition) is 2. The number of carbonyl (C=O) groups excluding carboxylic acids is 1. The van der Waals surface area contributed by atoms with Gasteiger partial charge in [-0.15, -0.1) is 0 Å². The Balaban J connectivity index is 1.86. The second-order valence-electron chi connectivity index (χ2n) is 6.36. The fourth-order valence-electron chi connectivity index (χ4n) is 3.61. The van der Waals surface area contributed by atoms with Gasteiger partial charge in [-0.1, -0.05) is 36.4 Å². The number of fused-ring (bicyclic) bond motifs is 1. The molecular formula is C20H21N3O3.